The number of carbonyl (C=O) groups excluding carboxylic acids is 1. The molecule has 3 rings (SSSR count). The lowest BCUT2D eigenvalue weighted by atomic mass is 10.0. The number of anilines is 1. The van der Waals surface area contributed by atoms with Gasteiger partial charge in [0.05, 0.1) is 20.5 Å². The molecule has 10 heteroatoms. The molecule has 0 saturated heterocycles. The second kappa shape index (κ2) is 7.37. The van der Waals surface area contributed by atoms with E-state index < -0.39 is 20.1 Å². The van der Waals surface area contributed by atoms with Crippen molar-refractivity contribution in [3.05, 3.63) is 44.7 Å². The normalized spacial score (nSPS) is 22.7. The maximum atomic E-state index is 12.8. The molecule has 7 nitrogen and oxygen atoms in total. The largest absolute Gasteiger partial charge is 0.386 e. The Balaban J connectivity index is 1.94. The monoisotopic (exact) mass is 454 g/mol. The number of sulfone groups is 1. The summed E-state index contributed by atoms with van der Waals surface area (Å²) in [6.07, 6.45) is 0.751. The van der Waals surface area contributed by atoms with Crippen LogP contribution < -0.4 is 11.1 Å². The Kier molecular flexibility index (Phi) is 5.53. The summed E-state index contributed by atoms with van der Waals surface area (Å²) in [5.41, 5.74) is 5.70. The number of halogens is 1. The molecule has 156 valence electrons. The number of aryl methyl sites for hydroxylation is 1. The van der Waals surface area contributed by atoms with E-state index in [4.69, 9.17) is 17.3 Å². The van der Waals surface area contributed by atoms with Crippen LogP contribution in [-0.2, 0) is 21.8 Å². The highest BCUT2D eigenvalue weighted by molar-refractivity contribution is 7.93. The molecule has 2 aromatic heterocycles. The fourth-order valence-electron chi connectivity index (χ4n) is 3.03. The van der Waals surface area contributed by atoms with E-state index >= 15 is 0 Å². The number of hydrogen-bond donors (Lipinski definition) is 2. The van der Waals surface area contributed by atoms with Gasteiger partial charge in [-0.15, -0.1) is 11.3 Å². The summed E-state index contributed by atoms with van der Waals surface area (Å²) in [5, 5.41) is 3.03. The van der Waals surface area contributed by atoms with Crippen LogP contribution in [-0.4, -0.2) is 35.6 Å². The molecule has 0 spiro atoms. The standard InChI is InChI=1S/C19H23ClN4O3S2/c1-5-11-7-6-8-14(22-11)23-16(25)13-9-12(20)15(28-13)19(4)10-29(26,27)18(2,3)17(21)24-19/h6-9H,5,10H2,1-4H3,(H2,21,24)(H,22,23,25). The first-order valence-electron chi connectivity index (χ1n) is 9.05. The molecule has 2 aromatic rings. The number of aliphatic imine (C=N–C) groups is 1. The van der Waals surface area contributed by atoms with Crippen molar-refractivity contribution in [3.63, 3.8) is 0 Å². The van der Waals surface area contributed by atoms with Gasteiger partial charge in [0, 0.05) is 5.69 Å². The zero-order valence-corrected chi connectivity index (χ0v) is 19.0. The molecule has 29 heavy (non-hydrogen) atoms. The van der Waals surface area contributed by atoms with Gasteiger partial charge < -0.3 is 11.1 Å². The van der Waals surface area contributed by atoms with Gasteiger partial charge in [-0.05, 0) is 45.4 Å². The molecule has 3 N–H and O–H groups in total. The van der Waals surface area contributed by atoms with Crippen molar-refractivity contribution in [1.29, 1.82) is 0 Å². The highest BCUT2D eigenvalue weighted by Crippen LogP contribution is 2.43. The minimum atomic E-state index is -3.57. The van der Waals surface area contributed by atoms with Crippen molar-refractivity contribution >= 4 is 50.3 Å². The van der Waals surface area contributed by atoms with Crippen LogP contribution in [0.15, 0.2) is 29.3 Å². The van der Waals surface area contributed by atoms with Gasteiger partial charge in [0.1, 0.15) is 21.9 Å². The predicted molar refractivity (Wildman–Crippen MR) is 118 cm³/mol. The number of carbonyl (C=O) groups is 1. The Morgan fingerprint density at radius 2 is 2.03 bits per heavy atom. The molecule has 0 radical (unpaired) electrons. The average molecular weight is 455 g/mol. The van der Waals surface area contributed by atoms with Gasteiger partial charge >= 0.3 is 0 Å². The number of nitrogens with two attached hydrogens (primary N) is 1. The van der Waals surface area contributed by atoms with Gasteiger partial charge in [0.2, 0.25) is 0 Å². The Morgan fingerprint density at radius 1 is 1.34 bits per heavy atom. The molecule has 0 bridgehead atoms. The molecule has 0 fully saturated rings. The Bertz CT molecular complexity index is 1110. The van der Waals surface area contributed by atoms with Crippen LogP contribution in [0.2, 0.25) is 5.02 Å². The van der Waals surface area contributed by atoms with Crippen LogP contribution >= 0.6 is 22.9 Å². The van der Waals surface area contributed by atoms with E-state index in [9.17, 15) is 13.2 Å². The zero-order valence-electron chi connectivity index (χ0n) is 16.6. The van der Waals surface area contributed by atoms with Crippen LogP contribution in [0.3, 0.4) is 0 Å². The van der Waals surface area contributed by atoms with Crippen molar-refractivity contribution in [2.45, 2.75) is 44.4 Å². The lowest BCUT2D eigenvalue weighted by Crippen LogP contribution is -2.54. The molecule has 1 aliphatic heterocycles. The summed E-state index contributed by atoms with van der Waals surface area (Å²) in [4.78, 5) is 22.3. The van der Waals surface area contributed by atoms with Gasteiger partial charge in [0.15, 0.2) is 9.84 Å². The Morgan fingerprint density at radius 3 is 2.66 bits per heavy atom. The fourth-order valence-corrected chi connectivity index (χ4v) is 6.32. The summed E-state index contributed by atoms with van der Waals surface area (Å²) in [6.45, 7) is 6.71. The van der Waals surface area contributed by atoms with Crippen LogP contribution in [0.1, 0.15) is 47.9 Å². The van der Waals surface area contributed by atoms with Crippen molar-refractivity contribution in [2.75, 3.05) is 11.1 Å². The molecule has 0 aromatic carbocycles. The van der Waals surface area contributed by atoms with Crippen LogP contribution in [0.4, 0.5) is 5.82 Å². The molecule has 1 unspecified atom stereocenters. The molecular formula is C19H23ClN4O3S2. The summed E-state index contributed by atoms with van der Waals surface area (Å²) < 4.78 is 24.3. The predicted octanol–water partition coefficient (Wildman–Crippen LogP) is 3.39. The third kappa shape index (κ3) is 3.91. The van der Waals surface area contributed by atoms with E-state index in [2.05, 4.69) is 15.3 Å². The first-order chi connectivity index (χ1) is 13.4. The fraction of sp³-hybridized carbons (Fsp3) is 0.421. The van der Waals surface area contributed by atoms with E-state index in [-0.39, 0.29) is 22.5 Å². The van der Waals surface area contributed by atoms with Gasteiger partial charge in [-0.25, -0.2) is 13.4 Å². The number of amides is 1. The first-order valence-corrected chi connectivity index (χ1v) is 11.9. The lowest BCUT2D eigenvalue weighted by Gasteiger charge is -2.37. The van der Waals surface area contributed by atoms with E-state index in [0.29, 0.717) is 15.6 Å². The second-order valence-corrected chi connectivity index (χ2v) is 11.6. The van der Waals surface area contributed by atoms with Crippen LogP contribution in [0, 0.1) is 0 Å². The summed E-state index contributed by atoms with van der Waals surface area (Å²) in [6, 6.07) is 6.92. The summed E-state index contributed by atoms with van der Waals surface area (Å²) >= 11 is 7.49. The van der Waals surface area contributed by atoms with Crippen LogP contribution in [0.25, 0.3) is 0 Å². The maximum absolute atomic E-state index is 12.8. The third-order valence-corrected chi connectivity index (χ3v) is 9.55. The van der Waals surface area contributed by atoms with Gasteiger partial charge in [-0.2, -0.15) is 0 Å². The maximum Gasteiger partial charge on any atom is 0.266 e. The van der Waals surface area contributed by atoms with Gasteiger partial charge in [-0.3, -0.25) is 9.79 Å². The molecule has 0 aliphatic carbocycles. The smallest absolute Gasteiger partial charge is 0.266 e. The zero-order chi connectivity index (χ0) is 21.6. The molecular weight excluding hydrogens is 432 g/mol. The lowest BCUT2D eigenvalue weighted by molar-refractivity contribution is 0.103. The molecule has 1 atom stereocenters. The number of amidine groups is 1. The molecule has 3 heterocycles. The molecule has 0 saturated carbocycles. The number of thiophene rings is 1. The molecule has 1 aliphatic rings. The number of rotatable bonds is 4. The highest BCUT2D eigenvalue weighted by Gasteiger charge is 2.50. The molecule has 1 amide bonds. The van der Waals surface area contributed by atoms with E-state index in [1.54, 1.807) is 13.0 Å². The third-order valence-electron chi connectivity index (χ3n) is 5.04. The quantitative estimate of drug-likeness (QED) is 0.734. The van der Waals surface area contributed by atoms with Crippen molar-refractivity contribution in [3.8, 4) is 0 Å². The Hall–Kier alpha value is -1.97. The van der Waals surface area contributed by atoms with E-state index in [1.807, 2.05) is 19.1 Å². The Labute approximate surface area is 179 Å². The van der Waals surface area contributed by atoms with Crippen molar-refractivity contribution in [2.24, 2.45) is 10.7 Å². The van der Waals surface area contributed by atoms with Gasteiger partial charge in [0.25, 0.3) is 5.91 Å². The minimum absolute atomic E-state index is 0.0299. The number of pyridine rings is 1. The van der Waals surface area contributed by atoms with E-state index in [0.717, 1.165) is 23.5 Å². The average Bonchev–Trinajstić information content (AvgIpc) is 3.03. The van der Waals surface area contributed by atoms with Crippen molar-refractivity contribution in [1.82, 2.24) is 4.98 Å². The summed E-state index contributed by atoms with van der Waals surface area (Å²) in [7, 11) is -3.57. The first kappa shape index (κ1) is 21.7. The second-order valence-electron chi connectivity index (χ2n) is 7.65. The number of nitrogens with one attached hydrogen (secondary N) is 1. The topological polar surface area (TPSA) is 115 Å². The SMILES string of the molecule is CCc1cccc(NC(=O)c2cc(Cl)c(C3(C)CS(=O)(=O)C(C)(C)C(N)=N3)s2)n1. The number of hydrogen-bond acceptors (Lipinski definition) is 7. The van der Waals surface area contributed by atoms with Gasteiger partial charge in [-0.1, -0.05) is 24.6 Å². The highest BCUT2D eigenvalue weighted by atomic mass is 35.5. The van der Waals surface area contributed by atoms with Crippen molar-refractivity contribution < 1.29 is 13.2 Å². The van der Waals surface area contributed by atoms with E-state index in [1.165, 1.54) is 19.9 Å². The number of aromatic nitrogens is 1. The summed E-state index contributed by atoms with van der Waals surface area (Å²) in [5.74, 6) is -0.142. The minimum Gasteiger partial charge on any atom is -0.386 e. The van der Waals surface area contributed by atoms with Crippen LogP contribution in [0.5, 0.6) is 0 Å². The number of nitrogens with zero attached hydrogens (tertiary/aromatic N) is 2.